The van der Waals surface area contributed by atoms with Gasteiger partial charge in [-0.15, -0.1) is 11.3 Å². The molecule has 0 fully saturated rings. The number of nitrogens with zero attached hydrogens (tertiary/aromatic N) is 2. The molecule has 2 aromatic carbocycles. The molecule has 1 aromatic heterocycles. The maximum absolute atomic E-state index is 12.8. The number of esters is 2. The van der Waals surface area contributed by atoms with Gasteiger partial charge in [0.05, 0.1) is 25.5 Å². The molecule has 2 unspecified atom stereocenters. The third-order valence-electron chi connectivity index (χ3n) is 6.19. The summed E-state index contributed by atoms with van der Waals surface area (Å²) in [5.41, 5.74) is 5.48. The number of rotatable bonds is 6. The van der Waals surface area contributed by atoms with Crippen LogP contribution < -0.4 is 5.32 Å². The van der Waals surface area contributed by atoms with Crippen molar-refractivity contribution < 1.29 is 23.9 Å². The number of carbonyl (C=O) groups excluding carboxylic acids is 3. The summed E-state index contributed by atoms with van der Waals surface area (Å²) in [5, 5.41) is 5.51. The molecule has 4 rings (SSSR count). The van der Waals surface area contributed by atoms with Gasteiger partial charge in [-0.1, -0.05) is 30.3 Å². The van der Waals surface area contributed by atoms with Gasteiger partial charge in [0.1, 0.15) is 10.9 Å². The lowest BCUT2D eigenvalue weighted by molar-refractivity contribution is -0.143. The van der Waals surface area contributed by atoms with Crippen LogP contribution in [-0.4, -0.2) is 42.8 Å². The largest absolute Gasteiger partial charge is 0.468 e. The number of hydrogen-bond acceptors (Lipinski definition) is 8. The first kappa shape index (κ1) is 26.0. The van der Waals surface area contributed by atoms with Crippen molar-refractivity contribution in [2.24, 2.45) is 10.9 Å². The van der Waals surface area contributed by atoms with Gasteiger partial charge in [-0.25, -0.2) is 9.78 Å². The standard InChI is InChI=1S/C28H27N3O5S/c1-15-23(27(33)35-4)25(24(16(2)29-15)28(34)36-5)19-7-6-8-20(13-19)26-31-22(14-37-26)18-9-11-21(12-10-18)30-17(3)32/h6-14,23,25H,1-5H3,(H,30,32). The van der Waals surface area contributed by atoms with Gasteiger partial charge in [-0.3, -0.25) is 14.6 Å². The number of nitrogens with one attached hydrogen (secondary N) is 1. The van der Waals surface area contributed by atoms with Crippen LogP contribution in [-0.2, 0) is 23.9 Å². The van der Waals surface area contributed by atoms with E-state index in [-0.39, 0.29) is 5.91 Å². The highest BCUT2D eigenvalue weighted by atomic mass is 32.1. The summed E-state index contributed by atoms with van der Waals surface area (Å²) in [6, 6.07) is 15.1. The summed E-state index contributed by atoms with van der Waals surface area (Å²) in [7, 11) is 2.64. The molecule has 0 aliphatic carbocycles. The van der Waals surface area contributed by atoms with E-state index in [1.54, 1.807) is 13.8 Å². The van der Waals surface area contributed by atoms with Crippen molar-refractivity contribution in [3.8, 4) is 21.8 Å². The molecule has 9 heteroatoms. The number of amides is 1. The Bertz CT molecular complexity index is 1420. The fourth-order valence-corrected chi connectivity index (χ4v) is 5.36. The zero-order chi connectivity index (χ0) is 26.7. The Morgan fingerprint density at radius 3 is 2.35 bits per heavy atom. The van der Waals surface area contributed by atoms with E-state index in [9.17, 15) is 14.4 Å². The van der Waals surface area contributed by atoms with Gasteiger partial charge in [-0.05, 0) is 37.6 Å². The van der Waals surface area contributed by atoms with Crippen LogP contribution >= 0.6 is 11.3 Å². The third kappa shape index (κ3) is 5.36. The molecule has 8 nitrogen and oxygen atoms in total. The average molecular weight is 518 g/mol. The monoisotopic (exact) mass is 517 g/mol. The van der Waals surface area contributed by atoms with Crippen LogP contribution in [0.5, 0.6) is 0 Å². The molecule has 1 amide bonds. The predicted octanol–water partition coefficient (Wildman–Crippen LogP) is 5.23. The Balaban J connectivity index is 1.72. The molecule has 1 aliphatic heterocycles. The second kappa shape index (κ2) is 10.9. The molecular formula is C28H27N3O5S. The Morgan fingerprint density at radius 1 is 0.973 bits per heavy atom. The van der Waals surface area contributed by atoms with Crippen LogP contribution in [0.1, 0.15) is 32.3 Å². The normalized spacial score (nSPS) is 17.2. The molecule has 0 radical (unpaired) electrons. The van der Waals surface area contributed by atoms with Crippen LogP contribution in [0.15, 0.2) is 70.2 Å². The highest BCUT2D eigenvalue weighted by Crippen LogP contribution is 2.41. The molecule has 0 spiro atoms. The number of allylic oxidation sites excluding steroid dienone is 1. The van der Waals surface area contributed by atoms with Crippen LogP contribution in [0.2, 0.25) is 0 Å². The molecule has 2 atom stereocenters. The number of aliphatic imine (C=N–C) groups is 1. The van der Waals surface area contributed by atoms with Crippen LogP contribution in [0.25, 0.3) is 21.8 Å². The lowest BCUT2D eigenvalue weighted by atomic mass is 9.75. The second-order valence-corrected chi connectivity index (χ2v) is 9.50. The molecule has 190 valence electrons. The minimum absolute atomic E-state index is 0.127. The topological polar surface area (TPSA) is 107 Å². The molecule has 2 heterocycles. The Morgan fingerprint density at radius 2 is 1.70 bits per heavy atom. The van der Waals surface area contributed by atoms with E-state index in [2.05, 4.69) is 10.3 Å². The first-order valence-electron chi connectivity index (χ1n) is 11.6. The van der Waals surface area contributed by atoms with Crippen molar-refractivity contribution in [1.29, 1.82) is 0 Å². The molecule has 37 heavy (non-hydrogen) atoms. The summed E-state index contributed by atoms with van der Waals surface area (Å²) < 4.78 is 10.1. The van der Waals surface area contributed by atoms with Gasteiger partial charge in [0.15, 0.2) is 0 Å². The molecule has 3 aromatic rings. The van der Waals surface area contributed by atoms with Crippen LogP contribution in [0.4, 0.5) is 5.69 Å². The number of anilines is 1. The first-order valence-corrected chi connectivity index (χ1v) is 12.5. The fraction of sp³-hybridized carbons (Fsp3) is 0.250. The number of benzene rings is 2. The van der Waals surface area contributed by atoms with Crippen molar-refractivity contribution >= 4 is 40.6 Å². The summed E-state index contributed by atoms with van der Waals surface area (Å²) in [6.45, 7) is 4.97. The number of thiazole rings is 1. The highest BCUT2D eigenvalue weighted by molar-refractivity contribution is 7.13. The Kier molecular flexibility index (Phi) is 7.63. The Labute approximate surface area is 219 Å². The van der Waals surface area contributed by atoms with E-state index in [4.69, 9.17) is 14.5 Å². The van der Waals surface area contributed by atoms with Crippen LogP contribution in [0, 0.1) is 5.92 Å². The number of methoxy groups -OCH3 is 2. The SMILES string of the molecule is COC(=O)C1=C(C)N=C(C)C(C(=O)OC)C1c1cccc(-c2nc(-c3ccc(NC(C)=O)cc3)cs2)c1. The third-order valence-corrected chi connectivity index (χ3v) is 7.08. The smallest absolute Gasteiger partial charge is 0.336 e. The Hall–Kier alpha value is -4.11. The van der Waals surface area contributed by atoms with Crippen molar-refractivity contribution in [1.82, 2.24) is 4.98 Å². The molecular weight excluding hydrogens is 490 g/mol. The summed E-state index contributed by atoms with van der Waals surface area (Å²) in [5.74, 6) is -2.50. The molecule has 0 saturated carbocycles. The van der Waals surface area contributed by atoms with Gasteiger partial charge >= 0.3 is 11.9 Å². The lowest BCUT2D eigenvalue weighted by Gasteiger charge is -2.31. The average Bonchev–Trinajstić information content (AvgIpc) is 3.38. The van der Waals surface area contributed by atoms with E-state index in [1.165, 1.54) is 32.5 Å². The number of hydrogen-bond donors (Lipinski definition) is 1. The van der Waals surface area contributed by atoms with Crippen molar-refractivity contribution in [2.45, 2.75) is 26.7 Å². The van der Waals surface area contributed by atoms with Gasteiger partial charge < -0.3 is 14.8 Å². The van der Waals surface area contributed by atoms with E-state index in [1.807, 2.05) is 53.9 Å². The van der Waals surface area contributed by atoms with Gasteiger partial charge in [0, 0.05) is 46.4 Å². The van der Waals surface area contributed by atoms with Gasteiger partial charge in [0.25, 0.3) is 0 Å². The zero-order valence-corrected chi connectivity index (χ0v) is 22.0. The van der Waals surface area contributed by atoms with Crippen LogP contribution in [0.3, 0.4) is 0 Å². The second-order valence-electron chi connectivity index (χ2n) is 8.64. The first-order chi connectivity index (χ1) is 17.7. The number of carbonyl (C=O) groups is 3. The molecule has 1 aliphatic rings. The van der Waals surface area contributed by atoms with Gasteiger partial charge in [0.2, 0.25) is 5.91 Å². The lowest BCUT2D eigenvalue weighted by Crippen LogP contribution is -2.36. The molecule has 0 bridgehead atoms. The maximum Gasteiger partial charge on any atom is 0.336 e. The van der Waals surface area contributed by atoms with E-state index in [0.29, 0.717) is 17.0 Å². The number of aromatic nitrogens is 1. The zero-order valence-electron chi connectivity index (χ0n) is 21.2. The summed E-state index contributed by atoms with van der Waals surface area (Å²) in [4.78, 5) is 46.1. The van der Waals surface area contributed by atoms with Crippen molar-refractivity contribution in [2.75, 3.05) is 19.5 Å². The summed E-state index contributed by atoms with van der Waals surface area (Å²) >= 11 is 1.49. The minimum Gasteiger partial charge on any atom is -0.468 e. The maximum atomic E-state index is 12.8. The molecule has 0 saturated heterocycles. The minimum atomic E-state index is -0.757. The molecule has 1 N–H and O–H groups in total. The van der Waals surface area contributed by atoms with E-state index >= 15 is 0 Å². The van der Waals surface area contributed by atoms with E-state index < -0.39 is 23.8 Å². The van der Waals surface area contributed by atoms with Crippen molar-refractivity contribution in [3.05, 3.63) is 70.7 Å². The highest BCUT2D eigenvalue weighted by Gasteiger charge is 2.42. The number of ether oxygens (including phenoxy) is 2. The van der Waals surface area contributed by atoms with Crippen molar-refractivity contribution in [3.63, 3.8) is 0 Å². The quantitative estimate of drug-likeness (QED) is 0.449. The predicted molar refractivity (Wildman–Crippen MR) is 143 cm³/mol. The fourth-order valence-electron chi connectivity index (χ4n) is 4.54. The van der Waals surface area contributed by atoms with E-state index in [0.717, 1.165) is 33.1 Å². The summed E-state index contributed by atoms with van der Waals surface area (Å²) in [6.07, 6.45) is 0. The van der Waals surface area contributed by atoms with Gasteiger partial charge in [-0.2, -0.15) is 0 Å².